The number of amides is 1. The molecule has 3 aromatic carbocycles. The van der Waals surface area contributed by atoms with E-state index in [4.69, 9.17) is 0 Å². The molecule has 1 aliphatic rings. The Balaban J connectivity index is 0.00000181. The summed E-state index contributed by atoms with van der Waals surface area (Å²) in [4.78, 5) is 26.8. The smallest absolute Gasteiger partial charge is 0.254 e. The fourth-order valence-electron chi connectivity index (χ4n) is 5.05. The molecule has 1 N–H and O–H groups in total. The van der Waals surface area contributed by atoms with Crippen LogP contribution in [0.3, 0.4) is 0 Å². The van der Waals surface area contributed by atoms with E-state index in [0.717, 1.165) is 23.0 Å². The monoisotopic (exact) mass is 547 g/mol. The lowest BCUT2D eigenvalue weighted by molar-refractivity contribution is 0.0747. The number of halogens is 3. The first kappa shape index (κ1) is 28.6. The first-order valence-electron chi connectivity index (χ1n) is 13.0. The third-order valence-corrected chi connectivity index (χ3v) is 7.16. The highest BCUT2D eigenvalue weighted by Crippen LogP contribution is 2.27. The van der Waals surface area contributed by atoms with Gasteiger partial charge in [-0.1, -0.05) is 13.0 Å². The van der Waals surface area contributed by atoms with Crippen molar-refractivity contribution in [3.63, 3.8) is 0 Å². The second-order valence-corrected chi connectivity index (χ2v) is 9.94. The molecule has 0 spiro atoms. The minimum Gasteiger partial charge on any atom is -0.374 e. The minimum absolute atomic E-state index is 0.0266. The highest BCUT2D eigenvalue weighted by atomic mass is 19.1. The van der Waals surface area contributed by atoms with Gasteiger partial charge in [-0.25, -0.2) is 18.2 Å². The number of rotatable bonds is 6. The zero-order valence-electron chi connectivity index (χ0n) is 22.8. The van der Waals surface area contributed by atoms with Gasteiger partial charge in [-0.3, -0.25) is 4.79 Å². The molecule has 0 aliphatic carbocycles. The van der Waals surface area contributed by atoms with E-state index in [-0.39, 0.29) is 23.2 Å². The molecule has 2 heterocycles. The maximum absolute atomic E-state index is 14.1. The first-order chi connectivity index (χ1) is 19.2. The summed E-state index contributed by atoms with van der Waals surface area (Å²) in [6, 6.07) is 14.2. The van der Waals surface area contributed by atoms with E-state index in [1.807, 2.05) is 48.9 Å². The van der Waals surface area contributed by atoms with Crippen LogP contribution in [0.5, 0.6) is 0 Å². The number of nitrogens with one attached hydrogen (secondary N) is 1. The Hall–Kier alpha value is -4.45. The number of aromatic nitrogens is 2. The topological polar surface area (TPSA) is 55.5 Å². The van der Waals surface area contributed by atoms with E-state index in [2.05, 4.69) is 27.7 Å². The molecule has 40 heavy (non-hydrogen) atoms. The second kappa shape index (κ2) is 12.2. The molecule has 1 saturated heterocycles. The van der Waals surface area contributed by atoms with Crippen LogP contribution >= 0.6 is 0 Å². The lowest BCUT2D eigenvalue weighted by atomic mass is 10.1. The van der Waals surface area contributed by atoms with Crippen LogP contribution in [-0.4, -0.2) is 60.5 Å². The Kier molecular flexibility index (Phi) is 8.68. The van der Waals surface area contributed by atoms with Crippen molar-refractivity contribution >= 4 is 28.3 Å². The summed E-state index contributed by atoms with van der Waals surface area (Å²) in [7, 11) is 1.94. The maximum Gasteiger partial charge on any atom is 0.254 e. The Bertz CT molecular complexity index is 1510. The zero-order chi connectivity index (χ0) is 29.0. The van der Waals surface area contributed by atoms with E-state index in [0.29, 0.717) is 49.6 Å². The van der Waals surface area contributed by atoms with Crippen molar-refractivity contribution in [2.45, 2.75) is 19.8 Å². The van der Waals surface area contributed by atoms with Gasteiger partial charge in [0.1, 0.15) is 23.0 Å². The van der Waals surface area contributed by atoms with Crippen LogP contribution in [0.2, 0.25) is 0 Å². The zero-order valence-corrected chi connectivity index (χ0v) is 22.8. The lowest BCUT2D eigenvalue weighted by Crippen LogP contribution is -2.48. The summed E-state index contributed by atoms with van der Waals surface area (Å²) in [5, 5.41) is 0. The lowest BCUT2D eigenvalue weighted by Gasteiger charge is -2.36. The number of likely N-dealkylation sites (N-methyl/N-ethyl adjacent to an activating group) is 1. The number of aryl methyl sites for hydroxylation is 1. The second-order valence-electron chi connectivity index (χ2n) is 9.94. The number of anilines is 2. The summed E-state index contributed by atoms with van der Waals surface area (Å²) in [5.74, 6) is -1.17. The molecular formula is C31H32F3N5O. The summed E-state index contributed by atoms with van der Waals surface area (Å²) in [5.41, 5.74) is 3.96. The van der Waals surface area contributed by atoms with E-state index < -0.39 is 11.6 Å². The van der Waals surface area contributed by atoms with Gasteiger partial charge in [0, 0.05) is 68.7 Å². The number of piperazine rings is 1. The number of hydrogen-bond acceptors (Lipinski definition) is 4. The van der Waals surface area contributed by atoms with Gasteiger partial charge in [-0.2, -0.15) is 0 Å². The molecule has 1 amide bonds. The van der Waals surface area contributed by atoms with Crippen LogP contribution in [0.15, 0.2) is 54.6 Å². The van der Waals surface area contributed by atoms with Crippen LogP contribution < -0.4 is 9.80 Å². The predicted molar refractivity (Wildman–Crippen MR) is 153 cm³/mol. The molecule has 4 aromatic rings. The van der Waals surface area contributed by atoms with E-state index in [1.165, 1.54) is 18.2 Å². The molecule has 1 fully saturated rings. The van der Waals surface area contributed by atoms with Crippen molar-refractivity contribution in [1.29, 1.82) is 0 Å². The standard InChI is InChI=1S/C29H30F3N5O.C2H2/c1-18-4-5-20(29(38)37-12-10-36(11-13-37)23-8-6-21(30)7-9-23)14-26(18)35(3)17-19(2)28-33-25-16-22(31)15-24(32)27(25)34-28;1-2/h4-9,14-16,19H,10-13,17H2,1-3H3,(H,33,34);1-2H. The van der Waals surface area contributed by atoms with Gasteiger partial charge in [0.25, 0.3) is 5.91 Å². The van der Waals surface area contributed by atoms with Crippen LogP contribution in [0.1, 0.15) is 34.6 Å². The Morgan fingerprint density at radius 1 is 1.00 bits per heavy atom. The van der Waals surface area contributed by atoms with Gasteiger partial charge in [0.15, 0.2) is 5.82 Å². The van der Waals surface area contributed by atoms with Gasteiger partial charge in [-0.05, 0) is 55.0 Å². The average Bonchev–Trinajstić information content (AvgIpc) is 3.39. The van der Waals surface area contributed by atoms with Crippen LogP contribution in [0.25, 0.3) is 11.0 Å². The highest BCUT2D eigenvalue weighted by molar-refractivity contribution is 5.95. The molecule has 0 saturated carbocycles. The van der Waals surface area contributed by atoms with Crippen molar-refractivity contribution in [3.8, 4) is 12.8 Å². The highest BCUT2D eigenvalue weighted by Gasteiger charge is 2.24. The van der Waals surface area contributed by atoms with Crippen molar-refractivity contribution in [2.24, 2.45) is 0 Å². The van der Waals surface area contributed by atoms with Gasteiger partial charge in [0.05, 0.1) is 5.52 Å². The van der Waals surface area contributed by atoms with Crippen molar-refractivity contribution in [3.05, 3.63) is 89.0 Å². The average molecular weight is 548 g/mol. The van der Waals surface area contributed by atoms with E-state index in [1.54, 1.807) is 12.1 Å². The number of hydrogen-bond donors (Lipinski definition) is 1. The van der Waals surface area contributed by atoms with Gasteiger partial charge in [0.2, 0.25) is 0 Å². The molecule has 9 heteroatoms. The molecule has 0 radical (unpaired) electrons. The molecule has 1 unspecified atom stereocenters. The Morgan fingerprint density at radius 2 is 1.68 bits per heavy atom. The fraction of sp³-hybridized carbons (Fsp3) is 0.290. The number of carbonyl (C=O) groups is 1. The SMILES string of the molecule is C#C.Cc1ccc(C(=O)N2CCN(c3ccc(F)cc3)CC2)cc1N(C)CC(C)c1nc2c(F)cc(F)cc2[nH]1. The number of imidazole rings is 1. The summed E-state index contributed by atoms with van der Waals surface area (Å²) in [6.07, 6.45) is 8.00. The van der Waals surface area contributed by atoms with Gasteiger partial charge in [-0.15, -0.1) is 12.8 Å². The van der Waals surface area contributed by atoms with E-state index >= 15 is 0 Å². The number of aromatic amines is 1. The van der Waals surface area contributed by atoms with Crippen molar-refractivity contribution < 1.29 is 18.0 Å². The summed E-state index contributed by atoms with van der Waals surface area (Å²) < 4.78 is 41.0. The molecule has 1 aromatic heterocycles. The maximum atomic E-state index is 14.1. The van der Waals surface area contributed by atoms with Crippen molar-refractivity contribution in [1.82, 2.24) is 14.9 Å². The molecule has 5 rings (SSSR count). The Morgan fingerprint density at radius 3 is 2.35 bits per heavy atom. The minimum atomic E-state index is -0.691. The third kappa shape index (κ3) is 6.07. The molecule has 0 bridgehead atoms. The quantitative estimate of drug-likeness (QED) is 0.313. The normalized spacial score (nSPS) is 14.0. The number of fused-ring (bicyclic) bond motifs is 1. The van der Waals surface area contributed by atoms with Gasteiger partial charge >= 0.3 is 0 Å². The number of nitrogens with zero attached hydrogens (tertiary/aromatic N) is 4. The molecular weight excluding hydrogens is 515 g/mol. The number of H-pyrrole nitrogens is 1. The summed E-state index contributed by atoms with van der Waals surface area (Å²) >= 11 is 0. The number of carbonyl (C=O) groups excluding carboxylic acids is 1. The largest absolute Gasteiger partial charge is 0.374 e. The first-order valence-corrected chi connectivity index (χ1v) is 13.0. The predicted octanol–water partition coefficient (Wildman–Crippen LogP) is 5.74. The molecule has 1 atom stereocenters. The van der Waals surface area contributed by atoms with Crippen molar-refractivity contribution in [2.75, 3.05) is 49.6 Å². The number of terminal acetylenes is 1. The molecule has 208 valence electrons. The Labute approximate surface area is 232 Å². The molecule has 6 nitrogen and oxygen atoms in total. The third-order valence-electron chi connectivity index (χ3n) is 7.16. The summed E-state index contributed by atoms with van der Waals surface area (Å²) in [6.45, 7) is 7.02. The molecule has 1 aliphatic heterocycles. The van der Waals surface area contributed by atoms with Crippen LogP contribution in [0, 0.1) is 37.2 Å². The van der Waals surface area contributed by atoms with Crippen LogP contribution in [-0.2, 0) is 0 Å². The van der Waals surface area contributed by atoms with E-state index in [9.17, 15) is 18.0 Å². The van der Waals surface area contributed by atoms with Crippen LogP contribution in [0.4, 0.5) is 24.5 Å². The van der Waals surface area contributed by atoms with Gasteiger partial charge < -0.3 is 19.7 Å². The number of benzene rings is 3. The fourth-order valence-corrected chi connectivity index (χ4v) is 5.05.